The molecule has 1 aliphatic carbocycles. The fraction of sp³-hybridized carbons (Fsp3) is 0.235. The summed E-state index contributed by atoms with van der Waals surface area (Å²) in [7, 11) is 0. The summed E-state index contributed by atoms with van der Waals surface area (Å²) in [5, 5.41) is 0. The summed E-state index contributed by atoms with van der Waals surface area (Å²) in [6.07, 6.45) is 0. The number of carbonyl (C=O) groups excluding carboxylic acids is 1. The highest BCUT2D eigenvalue weighted by molar-refractivity contribution is 6.21. The summed E-state index contributed by atoms with van der Waals surface area (Å²) in [6, 6.07) is 12.2. The molecular formula is C17H18O. The SMILES string of the molecule is CC.Cc1ccc2c(c1)C(=O)c1cc(C)ccc1-2. The van der Waals surface area contributed by atoms with E-state index in [1.165, 1.54) is 0 Å². The second-order valence-corrected chi connectivity index (χ2v) is 4.43. The van der Waals surface area contributed by atoms with Gasteiger partial charge in [0.15, 0.2) is 5.78 Å². The van der Waals surface area contributed by atoms with Crippen molar-refractivity contribution in [1.29, 1.82) is 0 Å². The van der Waals surface area contributed by atoms with Gasteiger partial charge in [-0.1, -0.05) is 49.2 Å². The van der Waals surface area contributed by atoms with Gasteiger partial charge in [0.05, 0.1) is 0 Å². The van der Waals surface area contributed by atoms with E-state index in [0.29, 0.717) is 0 Å². The van der Waals surface area contributed by atoms with E-state index in [1.54, 1.807) is 0 Å². The highest BCUT2D eigenvalue weighted by atomic mass is 16.1. The van der Waals surface area contributed by atoms with Crippen molar-refractivity contribution in [2.45, 2.75) is 27.7 Å². The van der Waals surface area contributed by atoms with Crippen LogP contribution in [-0.2, 0) is 0 Å². The molecule has 0 fully saturated rings. The monoisotopic (exact) mass is 238 g/mol. The Morgan fingerprint density at radius 2 is 1.06 bits per heavy atom. The summed E-state index contributed by atoms with van der Waals surface area (Å²) in [5.74, 6) is 0.164. The van der Waals surface area contributed by atoms with Gasteiger partial charge in [-0.25, -0.2) is 0 Å². The summed E-state index contributed by atoms with van der Waals surface area (Å²) < 4.78 is 0. The van der Waals surface area contributed by atoms with Crippen LogP contribution in [0.4, 0.5) is 0 Å². The molecule has 0 N–H and O–H groups in total. The molecule has 1 heteroatoms. The van der Waals surface area contributed by atoms with E-state index < -0.39 is 0 Å². The lowest BCUT2D eigenvalue weighted by Gasteiger charge is -2.00. The zero-order valence-corrected chi connectivity index (χ0v) is 11.4. The van der Waals surface area contributed by atoms with Gasteiger partial charge in [-0.2, -0.15) is 0 Å². The van der Waals surface area contributed by atoms with Crippen molar-refractivity contribution in [2.24, 2.45) is 0 Å². The summed E-state index contributed by atoms with van der Waals surface area (Å²) in [4.78, 5) is 12.2. The van der Waals surface area contributed by atoms with Crippen molar-refractivity contribution in [3.63, 3.8) is 0 Å². The maximum atomic E-state index is 12.2. The van der Waals surface area contributed by atoms with Crippen molar-refractivity contribution in [2.75, 3.05) is 0 Å². The molecule has 0 atom stereocenters. The van der Waals surface area contributed by atoms with Crippen LogP contribution in [-0.4, -0.2) is 5.78 Å². The highest BCUT2D eigenvalue weighted by Crippen LogP contribution is 2.37. The molecule has 3 rings (SSSR count). The summed E-state index contributed by atoms with van der Waals surface area (Å²) in [6.45, 7) is 8.03. The van der Waals surface area contributed by atoms with Crippen molar-refractivity contribution in [1.82, 2.24) is 0 Å². The summed E-state index contributed by atoms with van der Waals surface area (Å²) >= 11 is 0. The smallest absolute Gasteiger partial charge is 0.194 e. The Balaban J connectivity index is 0.000000574. The van der Waals surface area contributed by atoms with Crippen molar-refractivity contribution in [3.05, 3.63) is 58.7 Å². The van der Waals surface area contributed by atoms with Crippen LogP contribution in [0, 0.1) is 13.8 Å². The van der Waals surface area contributed by atoms with Crippen LogP contribution in [0.1, 0.15) is 40.9 Å². The van der Waals surface area contributed by atoms with Crippen LogP contribution in [0.5, 0.6) is 0 Å². The zero-order chi connectivity index (χ0) is 13.3. The van der Waals surface area contributed by atoms with Crippen molar-refractivity contribution in [3.8, 4) is 11.1 Å². The maximum Gasteiger partial charge on any atom is 0.194 e. The van der Waals surface area contributed by atoms with E-state index in [9.17, 15) is 4.79 Å². The number of carbonyl (C=O) groups is 1. The van der Waals surface area contributed by atoms with E-state index in [-0.39, 0.29) is 5.78 Å². The number of hydrogen-bond donors (Lipinski definition) is 0. The Labute approximate surface area is 108 Å². The largest absolute Gasteiger partial charge is 0.289 e. The lowest BCUT2D eigenvalue weighted by atomic mass is 10.0. The molecule has 1 nitrogen and oxygen atoms in total. The average molecular weight is 238 g/mol. The molecule has 2 aromatic carbocycles. The maximum absolute atomic E-state index is 12.2. The molecule has 0 spiro atoms. The second-order valence-electron chi connectivity index (χ2n) is 4.43. The zero-order valence-electron chi connectivity index (χ0n) is 11.4. The minimum absolute atomic E-state index is 0.164. The molecule has 18 heavy (non-hydrogen) atoms. The van der Waals surface area contributed by atoms with Gasteiger partial charge in [-0.05, 0) is 37.1 Å². The third-order valence-electron chi connectivity index (χ3n) is 3.13. The molecule has 0 aliphatic heterocycles. The average Bonchev–Trinajstić information content (AvgIpc) is 2.65. The third-order valence-corrected chi connectivity index (χ3v) is 3.13. The standard InChI is InChI=1S/C15H12O.C2H6/c1-9-3-5-11-12-6-4-10(2)8-14(12)15(16)13(11)7-9;1-2/h3-8H,1-2H3;1-2H3. The van der Waals surface area contributed by atoms with Gasteiger partial charge in [-0.15, -0.1) is 0 Å². The first-order valence-corrected chi connectivity index (χ1v) is 6.43. The molecule has 0 radical (unpaired) electrons. The van der Waals surface area contributed by atoms with Crippen LogP contribution in [0.25, 0.3) is 11.1 Å². The molecular weight excluding hydrogens is 220 g/mol. The lowest BCUT2D eigenvalue weighted by molar-refractivity contribution is 0.104. The Kier molecular flexibility index (Phi) is 3.33. The van der Waals surface area contributed by atoms with Gasteiger partial charge in [-0.3, -0.25) is 4.79 Å². The van der Waals surface area contributed by atoms with Gasteiger partial charge in [0.25, 0.3) is 0 Å². The second kappa shape index (κ2) is 4.77. The first-order valence-electron chi connectivity index (χ1n) is 6.43. The van der Waals surface area contributed by atoms with E-state index >= 15 is 0 Å². The number of rotatable bonds is 0. The number of hydrogen-bond acceptors (Lipinski definition) is 1. The molecule has 0 unspecified atom stereocenters. The van der Waals surface area contributed by atoms with Gasteiger partial charge in [0.1, 0.15) is 0 Å². The number of benzene rings is 2. The molecule has 2 aromatic rings. The fourth-order valence-corrected chi connectivity index (χ4v) is 2.31. The first-order chi connectivity index (χ1) is 8.66. The van der Waals surface area contributed by atoms with E-state index in [1.807, 2.05) is 52.0 Å². The highest BCUT2D eigenvalue weighted by Gasteiger charge is 2.26. The lowest BCUT2D eigenvalue weighted by Crippen LogP contribution is -1.95. The normalized spacial score (nSPS) is 11.4. The molecule has 0 saturated heterocycles. The molecule has 92 valence electrons. The van der Waals surface area contributed by atoms with Gasteiger partial charge >= 0.3 is 0 Å². The van der Waals surface area contributed by atoms with E-state index in [4.69, 9.17) is 0 Å². The van der Waals surface area contributed by atoms with Crippen LogP contribution in [0.2, 0.25) is 0 Å². The first kappa shape index (κ1) is 12.6. The van der Waals surface area contributed by atoms with Crippen LogP contribution >= 0.6 is 0 Å². The molecule has 0 bridgehead atoms. The number of aryl methyl sites for hydroxylation is 2. The third kappa shape index (κ3) is 1.86. The Hall–Kier alpha value is -1.89. The topological polar surface area (TPSA) is 17.1 Å². The van der Waals surface area contributed by atoms with Crippen LogP contribution in [0.15, 0.2) is 36.4 Å². The number of ketones is 1. The molecule has 0 amide bonds. The van der Waals surface area contributed by atoms with Crippen LogP contribution < -0.4 is 0 Å². The molecule has 0 aromatic heterocycles. The molecule has 0 saturated carbocycles. The molecule has 0 heterocycles. The quantitative estimate of drug-likeness (QED) is 0.562. The predicted molar refractivity (Wildman–Crippen MR) is 76.1 cm³/mol. The number of fused-ring (bicyclic) bond motifs is 3. The Morgan fingerprint density at radius 1 is 0.667 bits per heavy atom. The molecule has 1 aliphatic rings. The predicted octanol–water partition coefficient (Wildman–Crippen LogP) is 4.54. The summed E-state index contributed by atoms with van der Waals surface area (Å²) in [5.41, 5.74) is 6.12. The van der Waals surface area contributed by atoms with Gasteiger partial charge in [0, 0.05) is 11.1 Å². The van der Waals surface area contributed by atoms with E-state index in [0.717, 1.165) is 33.4 Å². The Morgan fingerprint density at radius 3 is 1.44 bits per heavy atom. The minimum Gasteiger partial charge on any atom is -0.289 e. The van der Waals surface area contributed by atoms with Crippen molar-refractivity contribution >= 4 is 5.78 Å². The fourth-order valence-electron chi connectivity index (χ4n) is 2.31. The van der Waals surface area contributed by atoms with E-state index in [2.05, 4.69) is 12.1 Å². The van der Waals surface area contributed by atoms with Gasteiger partial charge in [0.2, 0.25) is 0 Å². The minimum atomic E-state index is 0.164. The van der Waals surface area contributed by atoms with Crippen LogP contribution in [0.3, 0.4) is 0 Å². The Bertz CT molecular complexity index is 556. The van der Waals surface area contributed by atoms with Crippen molar-refractivity contribution < 1.29 is 4.79 Å². The van der Waals surface area contributed by atoms with Gasteiger partial charge < -0.3 is 0 Å².